The van der Waals surface area contributed by atoms with E-state index in [4.69, 9.17) is 0 Å². The molecule has 2 N–H and O–H groups in total. The molecule has 1 aliphatic carbocycles. The van der Waals surface area contributed by atoms with Crippen LogP contribution in [0.15, 0.2) is 0 Å². The van der Waals surface area contributed by atoms with Gasteiger partial charge in [0.15, 0.2) is 0 Å². The van der Waals surface area contributed by atoms with Crippen molar-refractivity contribution in [2.75, 3.05) is 26.2 Å². The maximum Gasteiger partial charge on any atom is 0.0791 e. The normalized spacial score (nSPS) is 27.2. The van der Waals surface area contributed by atoms with Crippen LogP contribution in [0.5, 0.6) is 0 Å². The predicted molar refractivity (Wildman–Crippen MR) is 77.8 cm³/mol. The minimum atomic E-state index is -0.236. The van der Waals surface area contributed by atoms with Crippen molar-refractivity contribution in [1.82, 2.24) is 10.2 Å². The topological polar surface area (TPSA) is 35.5 Å². The van der Waals surface area contributed by atoms with Crippen LogP contribution in [0.25, 0.3) is 0 Å². The van der Waals surface area contributed by atoms with E-state index in [1.165, 1.54) is 32.1 Å². The molecule has 1 fully saturated rings. The van der Waals surface area contributed by atoms with E-state index in [1.807, 2.05) is 0 Å². The largest absolute Gasteiger partial charge is 0.390 e. The second-order valence-corrected chi connectivity index (χ2v) is 5.77. The number of likely N-dealkylation sites (N-methyl/N-ethyl adjacent to an activating group) is 1. The molecule has 1 rings (SSSR count). The first-order valence-electron chi connectivity index (χ1n) is 7.81. The van der Waals surface area contributed by atoms with Crippen LogP contribution >= 0.6 is 0 Å². The zero-order chi connectivity index (χ0) is 13.4. The highest BCUT2D eigenvalue weighted by atomic mass is 16.3. The van der Waals surface area contributed by atoms with Crippen molar-refractivity contribution in [3.05, 3.63) is 0 Å². The van der Waals surface area contributed by atoms with Gasteiger partial charge in [0.05, 0.1) is 6.10 Å². The van der Waals surface area contributed by atoms with Gasteiger partial charge in [-0.05, 0) is 31.8 Å². The van der Waals surface area contributed by atoms with Gasteiger partial charge in [-0.15, -0.1) is 0 Å². The molecule has 0 saturated heterocycles. The average Bonchev–Trinajstić information content (AvgIpc) is 2.58. The van der Waals surface area contributed by atoms with Gasteiger partial charge >= 0.3 is 0 Å². The van der Waals surface area contributed by atoms with Gasteiger partial charge in [-0.2, -0.15) is 0 Å². The third-order valence-electron chi connectivity index (χ3n) is 4.34. The van der Waals surface area contributed by atoms with Crippen molar-refractivity contribution >= 4 is 0 Å². The minimum Gasteiger partial charge on any atom is -0.390 e. The maximum atomic E-state index is 10.1. The summed E-state index contributed by atoms with van der Waals surface area (Å²) in [5.74, 6) is 0.758. The number of nitrogens with one attached hydrogen (secondary N) is 1. The Balaban J connectivity index is 2.25. The van der Waals surface area contributed by atoms with E-state index in [1.54, 1.807) is 0 Å². The van der Waals surface area contributed by atoms with Crippen LogP contribution in [0.1, 0.15) is 52.9 Å². The molecule has 3 atom stereocenters. The highest BCUT2D eigenvalue weighted by Crippen LogP contribution is 2.22. The van der Waals surface area contributed by atoms with Crippen molar-refractivity contribution in [2.45, 2.75) is 65.0 Å². The summed E-state index contributed by atoms with van der Waals surface area (Å²) in [7, 11) is 0. The van der Waals surface area contributed by atoms with Crippen LogP contribution in [0.4, 0.5) is 0 Å². The number of hydrogen-bond acceptors (Lipinski definition) is 3. The van der Waals surface area contributed by atoms with Gasteiger partial charge in [0.1, 0.15) is 0 Å². The molecule has 1 aliphatic rings. The molecule has 0 amide bonds. The molecule has 0 bridgehead atoms. The fraction of sp³-hybridized carbons (Fsp3) is 1.00. The summed E-state index contributed by atoms with van der Waals surface area (Å²) in [6.45, 7) is 10.2. The van der Waals surface area contributed by atoms with E-state index in [2.05, 4.69) is 31.0 Å². The Labute approximate surface area is 113 Å². The molecule has 0 spiro atoms. The third kappa shape index (κ3) is 5.68. The van der Waals surface area contributed by atoms with E-state index < -0.39 is 0 Å². The zero-order valence-corrected chi connectivity index (χ0v) is 12.5. The van der Waals surface area contributed by atoms with Crippen molar-refractivity contribution < 1.29 is 5.11 Å². The van der Waals surface area contributed by atoms with Crippen molar-refractivity contribution in [3.8, 4) is 0 Å². The van der Waals surface area contributed by atoms with Gasteiger partial charge in [-0.1, -0.05) is 40.0 Å². The van der Waals surface area contributed by atoms with Crippen LogP contribution in [-0.2, 0) is 0 Å². The minimum absolute atomic E-state index is 0.236. The Kier molecular flexibility index (Phi) is 7.87. The highest BCUT2D eigenvalue weighted by molar-refractivity contribution is 4.78. The first-order chi connectivity index (χ1) is 8.67. The van der Waals surface area contributed by atoms with E-state index in [-0.39, 0.29) is 6.10 Å². The van der Waals surface area contributed by atoms with E-state index >= 15 is 0 Å². The summed E-state index contributed by atoms with van der Waals surface area (Å²) in [5.41, 5.74) is 0. The van der Waals surface area contributed by atoms with Gasteiger partial charge in [0, 0.05) is 19.1 Å². The molecule has 108 valence electrons. The number of hydrogen-bond donors (Lipinski definition) is 2. The Hall–Kier alpha value is -0.120. The first-order valence-corrected chi connectivity index (χ1v) is 7.81. The molecular formula is C15H32N2O. The molecular weight excluding hydrogens is 224 g/mol. The van der Waals surface area contributed by atoms with Gasteiger partial charge < -0.3 is 15.3 Å². The summed E-state index contributed by atoms with van der Waals surface area (Å²) >= 11 is 0. The van der Waals surface area contributed by atoms with Gasteiger partial charge in [0.2, 0.25) is 0 Å². The quantitative estimate of drug-likeness (QED) is 0.686. The second kappa shape index (κ2) is 8.89. The molecule has 3 heteroatoms. The lowest BCUT2D eigenvalue weighted by molar-refractivity contribution is 0.111. The molecule has 0 aliphatic heterocycles. The number of aliphatic hydroxyl groups excluding tert-OH is 1. The average molecular weight is 256 g/mol. The fourth-order valence-electron chi connectivity index (χ4n) is 2.93. The van der Waals surface area contributed by atoms with Crippen LogP contribution in [0.3, 0.4) is 0 Å². The molecule has 0 aromatic heterocycles. The lowest BCUT2D eigenvalue weighted by atomic mass is 9.97. The van der Waals surface area contributed by atoms with Gasteiger partial charge in [-0.3, -0.25) is 0 Å². The smallest absolute Gasteiger partial charge is 0.0791 e. The Bertz CT molecular complexity index is 207. The summed E-state index contributed by atoms with van der Waals surface area (Å²) in [6, 6.07) is 0.610. The predicted octanol–water partition coefficient (Wildman–Crippen LogP) is 2.25. The summed E-state index contributed by atoms with van der Waals surface area (Å²) < 4.78 is 0. The molecule has 3 unspecified atom stereocenters. The maximum absolute atomic E-state index is 10.1. The molecule has 0 aromatic carbocycles. The highest BCUT2D eigenvalue weighted by Gasteiger charge is 2.20. The van der Waals surface area contributed by atoms with Gasteiger partial charge in [0.25, 0.3) is 0 Å². The van der Waals surface area contributed by atoms with Crippen LogP contribution < -0.4 is 5.32 Å². The monoisotopic (exact) mass is 256 g/mol. The summed E-state index contributed by atoms with van der Waals surface area (Å²) in [4.78, 5) is 2.28. The van der Waals surface area contributed by atoms with Crippen molar-refractivity contribution in [3.63, 3.8) is 0 Å². The Morgan fingerprint density at radius 1 is 1.17 bits per heavy atom. The van der Waals surface area contributed by atoms with Crippen LogP contribution in [-0.4, -0.2) is 48.3 Å². The zero-order valence-electron chi connectivity index (χ0n) is 12.5. The lowest BCUT2D eigenvalue weighted by Crippen LogP contribution is -2.43. The van der Waals surface area contributed by atoms with Crippen molar-refractivity contribution in [1.29, 1.82) is 0 Å². The molecule has 18 heavy (non-hydrogen) atoms. The van der Waals surface area contributed by atoms with E-state index in [9.17, 15) is 5.11 Å². The number of nitrogens with zero attached hydrogens (tertiary/aromatic N) is 1. The molecule has 0 radical (unpaired) electrons. The van der Waals surface area contributed by atoms with Crippen molar-refractivity contribution in [2.24, 2.45) is 5.92 Å². The number of rotatable bonds is 7. The molecule has 1 saturated carbocycles. The first kappa shape index (κ1) is 15.9. The van der Waals surface area contributed by atoms with E-state index in [0.29, 0.717) is 6.04 Å². The SMILES string of the molecule is CCN(CC)CC(O)CNC1CCCCCC1C. The second-order valence-electron chi connectivity index (χ2n) is 5.77. The molecule has 3 nitrogen and oxygen atoms in total. The third-order valence-corrected chi connectivity index (χ3v) is 4.34. The summed E-state index contributed by atoms with van der Waals surface area (Å²) in [5, 5.41) is 13.7. The fourth-order valence-corrected chi connectivity index (χ4v) is 2.93. The molecule has 0 heterocycles. The number of aliphatic hydroxyl groups is 1. The Morgan fingerprint density at radius 2 is 1.83 bits per heavy atom. The van der Waals surface area contributed by atoms with Crippen LogP contribution in [0.2, 0.25) is 0 Å². The van der Waals surface area contributed by atoms with E-state index in [0.717, 1.165) is 32.1 Å². The standard InChI is InChI=1S/C15H32N2O/c1-4-17(5-2)12-14(18)11-16-15-10-8-6-7-9-13(15)3/h13-16,18H,4-12H2,1-3H3. The molecule has 0 aromatic rings. The lowest BCUT2D eigenvalue weighted by Gasteiger charge is -2.26. The van der Waals surface area contributed by atoms with Crippen LogP contribution in [0, 0.1) is 5.92 Å². The van der Waals surface area contributed by atoms with Gasteiger partial charge in [-0.25, -0.2) is 0 Å². The summed E-state index contributed by atoms with van der Waals surface area (Å²) in [6.07, 6.45) is 6.48. The Morgan fingerprint density at radius 3 is 2.50 bits per heavy atom.